The van der Waals surface area contributed by atoms with Crippen LogP contribution in [0.3, 0.4) is 0 Å². The highest BCUT2D eigenvalue weighted by molar-refractivity contribution is 7.90. The third kappa shape index (κ3) is 5.84. The number of sulfone groups is 1. The molecule has 1 atom stereocenters. The maximum atomic E-state index is 10.8. The second-order valence-electron chi connectivity index (χ2n) is 3.72. The van der Waals surface area contributed by atoms with Crippen molar-refractivity contribution >= 4 is 9.84 Å². The van der Waals surface area contributed by atoms with Crippen LogP contribution in [0.4, 0.5) is 0 Å². The van der Waals surface area contributed by atoms with Gasteiger partial charge in [-0.3, -0.25) is 4.68 Å². The largest absolute Gasteiger partial charge is 0.390 e. The molecular weight excluding hydrogens is 230 g/mol. The molecule has 0 fully saturated rings. The van der Waals surface area contributed by atoms with Gasteiger partial charge in [-0.05, 0) is 6.07 Å². The number of hydrogen-bond acceptors (Lipinski definition) is 5. The Labute approximate surface area is 95.2 Å². The van der Waals surface area contributed by atoms with Crippen LogP contribution in [-0.2, 0) is 16.4 Å². The molecule has 6 nitrogen and oxygen atoms in total. The molecule has 0 bridgehead atoms. The summed E-state index contributed by atoms with van der Waals surface area (Å²) in [5.74, 6) is 0.0848. The van der Waals surface area contributed by atoms with Gasteiger partial charge in [-0.2, -0.15) is 5.10 Å². The van der Waals surface area contributed by atoms with Crippen molar-refractivity contribution < 1.29 is 13.5 Å². The van der Waals surface area contributed by atoms with Crippen LogP contribution in [0.25, 0.3) is 0 Å². The Hall–Kier alpha value is -0.920. The Balaban J connectivity index is 2.14. The SMILES string of the molecule is CS(=O)(=O)CCNCC(O)Cn1cccn1. The van der Waals surface area contributed by atoms with Crippen molar-refractivity contribution in [1.29, 1.82) is 0 Å². The lowest BCUT2D eigenvalue weighted by Crippen LogP contribution is -2.33. The highest BCUT2D eigenvalue weighted by Crippen LogP contribution is 1.90. The van der Waals surface area contributed by atoms with Crippen LogP contribution in [-0.4, -0.2) is 54.5 Å². The van der Waals surface area contributed by atoms with Crippen LogP contribution in [0, 0.1) is 0 Å². The van der Waals surface area contributed by atoms with Crippen LogP contribution < -0.4 is 5.32 Å². The van der Waals surface area contributed by atoms with E-state index in [1.165, 1.54) is 6.26 Å². The molecule has 0 amide bonds. The van der Waals surface area contributed by atoms with Crippen LogP contribution in [0.15, 0.2) is 18.5 Å². The molecule has 0 radical (unpaired) electrons. The minimum Gasteiger partial charge on any atom is -0.390 e. The van der Waals surface area contributed by atoms with Crippen LogP contribution >= 0.6 is 0 Å². The molecule has 0 saturated heterocycles. The molecule has 0 saturated carbocycles. The van der Waals surface area contributed by atoms with Gasteiger partial charge in [0.05, 0.1) is 18.4 Å². The first kappa shape index (κ1) is 13.1. The van der Waals surface area contributed by atoms with Crippen molar-refractivity contribution in [2.24, 2.45) is 0 Å². The van der Waals surface area contributed by atoms with Crippen molar-refractivity contribution in [2.75, 3.05) is 25.1 Å². The van der Waals surface area contributed by atoms with Gasteiger partial charge < -0.3 is 10.4 Å². The predicted molar refractivity (Wildman–Crippen MR) is 60.8 cm³/mol. The second-order valence-corrected chi connectivity index (χ2v) is 5.98. The molecule has 92 valence electrons. The maximum Gasteiger partial charge on any atom is 0.148 e. The summed E-state index contributed by atoms with van der Waals surface area (Å²) in [5, 5.41) is 16.4. The van der Waals surface area contributed by atoms with Gasteiger partial charge in [-0.15, -0.1) is 0 Å². The van der Waals surface area contributed by atoms with Gasteiger partial charge in [-0.1, -0.05) is 0 Å². The maximum absolute atomic E-state index is 10.8. The number of rotatable bonds is 7. The predicted octanol–water partition coefficient (Wildman–Crippen LogP) is -1.12. The van der Waals surface area contributed by atoms with Gasteiger partial charge in [0, 0.05) is 31.7 Å². The quantitative estimate of drug-likeness (QED) is 0.596. The number of nitrogens with one attached hydrogen (secondary N) is 1. The van der Waals surface area contributed by atoms with Gasteiger partial charge in [0.25, 0.3) is 0 Å². The van der Waals surface area contributed by atoms with E-state index in [2.05, 4.69) is 10.4 Å². The zero-order valence-corrected chi connectivity index (χ0v) is 10.0. The Morgan fingerprint density at radius 1 is 1.56 bits per heavy atom. The number of nitrogens with zero attached hydrogens (tertiary/aromatic N) is 2. The molecule has 0 aliphatic carbocycles. The summed E-state index contributed by atoms with van der Waals surface area (Å²) in [6, 6.07) is 1.78. The van der Waals surface area contributed by atoms with Crippen molar-refractivity contribution in [2.45, 2.75) is 12.6 Å². The number of aliphatic hydroxyl groups is 1. The summed E-state index contributed by atoms with van der Waals surface area (Å²) in [4.78, 5) is 0. The van der Waals surface area contributed by atoms with E-state index in [1.807, 2.05) is 0 Å². The number of aliphatic hydroxyl groups excluding tert-OH is 1. The van der Waals surface area contributed by atoms with Gasteiger partial charge in [0.1, 0.15) is 9.84 Å². The lowest BCUT2D eigenvalue weighted by Gasteiger charge is -2.11. The Morgan fingerprint density at radius 2 is 2.31 bits per heavy atom. The van der Waals surface area contributed by atoms with Crippen molar-refractivity contribution in [3.05, 3.63) is 18.5 Å². The normalized spacial score (nSPS) is 13.9. The van der Waals surface area contributed by atoms with Gasteiger partial charge in [0.15, 0.2) is 0 Å². The summed E-state index contributed by atoms with van der Waals surface area (Å²) in [6.45, 7) is 1.11. The second kappa shape index (κ2) is 5.97. The fraction of sp³-hybridized carbons (Fsp3) is 0.667. The molecular formula is C9H17N3O3S. The molecule has 1 aromatic rings. The summed E-state index contributed by atoms with van der Waals surface area (Å²) in [7, 11) is -2.93. The van der Waals surface area contributed by atoms with E-state index < -0.39 is 15.9 Å². The van der Waals surface area contributed by atoms with E-state index in [0.29, 0.717) is 19.6 Å². The number of aromatic nitrogens is 2. The van der Waals surface area contributed by atoms with Crippen LogP contribution in [0.2, 0.25) is 0 Å². The summed E-state index contributed by atoms with van der Waals surface area (Å²) < 4.78 is 23.3. The lowest BCUT2D eigenvalue weighted by molar-refractivity contribution is 0.147. The van der Waals surface area contributed by atoms with Gasteiger partial charge in [-0.25, -0.2) is 8.42 Å². The molecule has 1 rings (SSSR count). The first-order chi connectivity index (χ1) is 7.47. The van der Waals surface area contributed by atoms with E-state index in [1.54, 1.807) is 23.1 Å². The smallest absolute Gasteiger partial charge is 0.148 e. The molecule has 16 heavy (non-hydrogen) atoms. The molecule has 0 aromatic carbocycles. The monoisotopic (exact) mass is 247 g/mol. The summed E-state index contributed by atoms with van der Waals surface area (Å²) in [6.07, 6.45) is 4.03. The minimum absolute atomic E-state index is 0.0848. The average molecular weight is 247 g/mol. The van der Waals surface area contributed by atoms with Crippen molar-refractivity contribution in [3.8, 4) is 0 Å². The summed E-state index contributed by atoms with van der Waals surface area (Å²) in [5.41, 5.74) is 0. The topological polar surface area (TPSA) is 84.2 Å². The minimum atomic E-state index is -2.93. The molecule has 0 aliphatic heterocycles. The van der Waals surface area contributed by atoms with E-state index in [0.717, 1.165) is 0 Å². The van der Waals surface area contributed by atoms with Crippen LogP contribution in [0.5, 0.6) is 0 Å². The Bertz CT molecular complexity index is 388. The molecule has 7 heteroatoms. The fourth-order valence-electron chi connectivity index (χ4n) is 1.22. The van der Waals surface area contributed by atoms with Crippen LogP contribution in [0.1, 0.15) is 0 Å². The lowest BCUT2D eigenvalue weighted by atomic mass is 10.3. The Kier molecular flexibility index (Phi) is 4.91. The molecule has 1 unspecified atom stereocenters. The third-order valence-corrected chi connectivity index (χ3v) is 2.93. The fourth-order valence-corrected chi connectivity index (χ4v) is 1.73. The highest BCUT2D eigenvalue weighted by atomic mass is 32.2. The molecule has 0 spiro atoms. The third-order valence-electron chi connectivity index (χ3n) is 1.99. The standard InChI is InChI=1S/C9H17N3O3S/c1-16(14,15)6-4-10-7-9(13)8-12-5-2-3-11-12/h2-3,5,9-10,13H,4,6-8H2,1H3. The van der Waals surface area contributed by atoms with Crippen molar-refractivity contribution in [1.82, 2.24) is 15.1 Å². The average Bonchev–Trinajstić information content (AvgIpc) is 2.63. The van der Waals surface area contributed by atoms with Crippen molar-refractivity contribution in [3.63, 3.8) is 0 Å². The van der Waals surface area contributed by atoms with E-state index in [-0.39, 0.29) is 5.75 Å². The molecule has 1 heterocycles. The molecule has 2 N–H and O–H groups in total. The first-order valence-corrected chi connectivity index (χ1v) is 7.07. The van der Waals surface area contributed by atoms with E-state index >= 15 is 0 Å². The zero-order valence-electron chi connectivity index (χ0n) is 9.20. The Morgan fingerprint density at radius 3 is 2.88 bits per heavy atom. The highest BCUT2D eigenvalue weighted by Gasteiger charge is 2.06. The zero-order chi connectivity index (χ0) is 12.0. The first-order valence-electron chi connectivity index (χ1n) is 5.01. The van der Waals surface area contributed by atoms with Gasteiger partial charge >= 0.3 is 0 Å². The molecule has 0 aliphatic rings. The van der Waals surface area contributed by atoms with Gasteiger partial charge in [0.2, 0.25) is 0 Å². The number of hydrogen-bond donors (Lipinski definition) is 2. The summed E-state index contributed by atoms with van der Waals surface area (Å²) >= 11 is 0. The van der Waals surface area contributed by atoms with E-state index in [4.69, 9.17) is 0 Å². The van der Waals surface area contributed by atoms with E-state index in [9.17, 15) is 13.5 Å². The molecule has 1 aromatic heterocycles.